The number of carbonyl (C=O) groups excluding carboxylic acids is 3. The molecule has 1 atom stereocenters. The van der Waals surface area contributed by atoms with E-state index in [4.69, 9.17) is 26.4 Å². The number of thiocarbonyl (C=S) groups is 1. The van der Waals surface area contributed by atoms with Gasteiger partial charge in [-0.15, -0.1) is 0 Å². The van der Waals surface area contributed by atoms with Crippen molar-refractivity contribution < 1.29 is 28.6 Å². The van der Waals surface area contributed by atoms with Crippen LogP contribution in [0.3, 0.4) is 0 Å². The smallest absolute Gasteiger partial charge is 0.325 e. The van der Waals surface area contributed by atoms with Gasteiger partial charge < -0.3 is 24.4 Å². The third-order valence-corrected chi connectivity index (χ3v) is 5.42. The second-order valence-corrected chi connectivity index (χ2v) is 7.45. The maximum Gasteiger partial charge on any atom is 0.325 e. The van der Waals surface area contributed by atoms with Crippen molar-refractivity contribution in [3.05, 3.63) is 48.5 Å². The average Bonchev–Trinajstić information content (AvgIpc) is 3.04. The molecule has 1 fully saturated rings. The van der Waals surface area contributed by atoms with Gasteiger partial charge in [-0.3, -0.25) is 19.3 Å². The van der Waals surface area contributed by atoms with Crippen molar-refractivity contribution in [2.75, 3.05) is 37.6 Å². The number of hydrogen-bond donors (Lipinski definition) is 1. The highest BCUT2D eigenvalue weighted by Gasteiger charge is 2.45. The Kier molecular flexibility index (Phi) is 7.83. The van der Waals surface area contributed by atoms with E-state index in [1.807, 2.05) is 6.92 Å². The van der Waals surface area contributed by atoms with Gasteiger partial charge in [0.15, 0.2) is 5.11 Å². The summed E-state index contributed by atoms with van der Waals surface area (Å²) in [6, 6.07) is 12.7. The molecule has 10 heteroatoms. The summed E-state index contributed by atoms with van der Waals surface area (Å²) >= 11 is 5.49. The topological polar surface area (TPSA) is 97.4 Å². The van der Waals surface area contributed by atoms with Gasteiger partial charge in [-0.2, -0.15) is 0 Å². The minimum absolute atomic E-state index is 0.120. The maximum absolute atomic E-state index is 13.3. The van der Waals surface area contributed by atoms with Crippen LogP contribution in [0.1, 0.15) is 13.3 Å². The Balaban J connectivity index is 1.78. The molecule has 1 aliphatic rings. The number of esters is 1. The molecular weight excluding hydrogens is 446 g/mol. The molecule has 1 heterocycles. The third-order valence-electron chi connectivity index (χ3n) is 5.00. The fourth-order valence-corrected chi connectivity index (χ4v) is 3.76. The average molecular weight is 472 g/mol. The van der Waals surface area contributed by atoms with Crippen LogP contribution in [0.15, 0.2) is 48.5 Å². The minimum atomic E-state index is -0.957. The van der Waals surface area contributed by atoms with Crippen molar-refractivity contribution in [3.8, 4) is 11.5 Å². The molecule has 0 aliphatic carbocycles. The Hall–Kier alpha value is -3.66. The van der Waals surface area contributed by atoms with E-state index in [9.17, 15) is 14.4 Å². The Morgan fingerprint density at radius 1 is 1.03 bits per heavy atom. The number of benzene rings is 2. The summed E-state index contributed by atoms with van der Waals surface area (Å²) in [4.78, 5) is 40.7. The van der Waals surface area contributed by atoms with Crippen molar-refractivity contribution in [2.24, 2.45) is 0 Å². The van der Waals surface area contributed by atoms with Crippen LogP contribution < -0.4 is 19.7 Å². The molecule has 1 saturated heterocycles. The molecular formula is C23H25N3O6S. The number of nitrogens with zero attached hydrogens (tertiary/aromatic N) is 2. The summed E-state index contributed by atoms with van der Waals surface area (Å²) < 4.78 is 15.3. The second kappa shape index (κ2) is 10.8. The quantitative estimate of drug-likeness (QED) is 0.440. The predicted octanol–water partition coefficient (Wildman–Crippen LogP) is 2.60. The first-order valence-electron chi connectivity index (χ1n) is 10.3. The third kappa shape index (κ3) is 5.58. The molecule has 2 amide bonds. The van der Waals surface area contributed by atoms with Crippen LogP contribution in [0, 0.1) is 0 Å². The molecule has 1 aliphatic heterocycles. The number of amides is 2. The Morgan fingerprint density at radius 3 is 2.24 bits per heavy atom. The molecule has 0 unspecified atom stereocenters. The molecule has 3 rings (SSSR count). The lowest BCUT2D eigenvalue weighted by Crippen LogP contribution is -2.41. The molecule has 0 radical (unpaired) electrons. The number of nitrogens with one attached hydrogen (secondary N) is 1. The number of hydrogen-bond acceptors (Lipinski definition) is 7. The summed E-state index contributed by atoms with van der Waals surface area (Å²) in [6.45, 7) is 2.17. The highest BCUT2D eigenvalue weighted by molar-refractivity contribution is 7.80. The van der Waals surface area contributed by atoms with Crippen LogP contribution in [0.2, 0.25) is 0 Å². The van der Waals surface area contributed by atoms with E-state index in [1.165, 1.54) is 24.0 Å². The molecule has 2 aromatic rings. The van der Waals surface area contributed by atoms with Gasteiger partial charge in [0.1, 0.15) is 24.1 Å². The molecule has 0 spiro atoms. The van der Waals surface area contributed by atoms with Gasteiger partial charge in [0.2, 0.25) is 5.91 Å². The normalized spacial score (nSPS) is 15.4. The lowest BCUT2D eigenvalue weighted by molar-refractivity contribution is -0.141. The van der Waals surface area contributed by atoms with E-state index < -0.39 is 23.8 Å². The zero-order valence-electron chi connectivity index (χ0n) is 18.6. The van der Waals surface area contributed by atoms with Gasteiger partial charge in [-0.25, -0.2) is 0 Å². The van der Waals surface area contributed by atoms with E-state index in [1.54, 1.807) is 48.5 Å². The fraction of sp³-hybridized carbons (Fsp3) is 0.304. The van der Waals surface area contributed by atoms with E-state index >= 15 is 0 Å². The molecule has 33 heavy (non-hydrogen) atoms. The van der Waals surface area contributed by atoms with Crippen molar-refractivity contribution in [3.63, 3.8) is 0 Å². The van der Waals surface area contributed by atoms with Gasteiger partial charge in [0.05, 0.1) is 32.9 Å². The van der Waals surface area contributed by atoms with Crippen LogP contribution >= 0.6 is 12.2 Å². The van der Waals surface area contributed by atoms with Crippen LogP contribution in [0.25, 0.3) is 0 Å². The predicted molar refractivity (Wildman–Crippen MR) is 126 cm³/mol. The summed E-state index contributed by atoms with van der Waals surface area (Å²) in [5.41, 5.74) is 1.07. The first-order valence-corrected chi connectivity index (χ1v) is 10.7. The molecule has 0 aromatic heterocycles. The fourth-order valence-electron chi connectivity index (χ4n) is 3.38. The van der Waals surface area contributed by atoms with Crippen molar-refractivity contribution in [2.45, 2.75) is 19.4 Å². The number of rotatable bonds is 9. The van der Waals surface area contributed by atoms with E-state index in [0.717, 1.165) is 0 Å². The Morgan fingerprint density at radius 2 is 1.67 bits per heavy atom. The van der Waals surface area contributed by atoms with E-state index in [0.29, 0.717) is 29.5 Å². The highest BCUT2D eigenvalue weighted by atomic mass is 32.1. The standard InChI is InChI=1S/C23H25N3O6S/c1-4-32-18-9-5-15(6-10-18)24-20(27)13-19-22(29)26(16-7-11-17(30-2)12-8-16)23(33)25(19)14-21(28)31-3/h5-12,19H,4,13-14H2,1-3H3,(H,24,27)/t19-/m0/s1. The largest absolute Gasteiger partial charge is 0.497 e. The molecule has 174 valence electrons. The van der Waals surface area contributed by atoms with E-state index in [-0.39, 0.29) is 18.1 Å². The van der Waals surface area contributed by atoms with Gasteiger partial charge in [-0.05, 0) is 67.7 Å². The lowest BCUT2D eigenvalue weighted by atomic mass is 10.1. The molecule has 9 nitrogen and oxygen atoms in total. The van der Waals surface area contributed by atoms with Gasteiger partial charge in [0.25, 0.3) is 5.91 Å². The van der Waals surface area contributed by atoms with Crippen LogP contribution in [-0.2, 0) is 19.1 Å². The number of ether oxygens (including phenoxy) is 3. The number of anilines is 2. The maximum atomic E-state index is 13.3. The molecule has 2 aromatic carbocycles. The molecule has 0 saturated carbocycles. The monoisotopic (exact) mass is 471 g/mol. The van der Waals surface area contributed by atoms with Crippen LogP contribution in [-0.4, -0.2) is 61.2 Å². The zero-order chi connectivity index (χ0) is 24.0. The first kappa shape index (κ1) is 24.0. The van der Waals surface area contributed by atoms with Crippen molar-refractivity contribution in [1.82, 2.24) is 4.90 Å². The van der Waals surface area contributed by atoms with Crippen LogP contribution in [0.5, 0.6) is 11.5 Å². The highest BCUT2D eigenvalue weighted by Crippen LogP contribution is 2.29. The zero-order valence-corrected chi connectivity index (χ0v) is 19.4. The number of carbonyl (C=O) groups is 3. The summed E-state index contributed by atoms with van der Waals surface area (Å²) in [6.07, 6.45) is -0.199. The van der Waals surface area contributed by atoms with Gasteiger partial charge in [-0.1, -0.05) is 0 Å². The van der Waals surface area contributed by atoms with Crippen molar-refractivity contribution >= 4 is 46.5 Å². The first-order chi connectivity index (χ1) is 15.9. The van der Waals surface area contributed by atoms with Crippen LogP contribution in [0.4, 0.5) is 11.4 Å². The van der Waals surface area contributed by atoms with Gasteiger partial charge in [0, 0.05) is 5.69 Å². The van der Waals surface area contributed by atoms with Gasteiger partial charge >= 0.3 is 5.97 Å². The molecule has 1 N–H and O–H groups in total. The summed E-state index contributed by atoms with van der Waals surface area (Å²) in [5, 5.41) is 2.88. The Bertz CT molecular complexity index is 1030. The van der Waals surface area contributed by atoms with E-state index in [2.05, 4.69) is 5.32 Å². The lowest BCUT2D eigenvalue weighted by Gasteiger charge is -2.22. The minimum Gasteiger partial charge on any atom is -0.497 e. The summed E-state index contributed by atoms with van der Waals surface area (Å²) in [5.74, 6) is -0.0680. The Labute approximate surface area is 197 Å². The molecule has 0 bridgehead atoms. The number of methoxy groups -OCH3 is 2. The second-order valence-electron chi connectivity index (χ2n) is 7.08. The van der Waals surface area contributed by atoms with Crippen molar-refractivity contribution in [1.29, 1.82) is 0 Å². The summed E-state index contributed by atoms with van der Waals surface area (Å²) in [7, 11) is 2.79. The SMILES string of the molecule is CCOc1ccc(NC(=O)C[C@H]2C(=O)N(c3ccc(OC)cc3)C(=S)N2CC(=O)OC)cc1.